The summed E-state index contributed by atoms with van der Waals surface area (Å²) in [6.45, 7) is 0. The number of hydrogen-bond acceptors (Lipinski definition) is 0. The van der Waals surface area contributed by atoms with Crippen molar-refractivity contribution < 1.29 is 22.0 Å². The minimum atomic E-state index is -2.09. The van der Waals surface area contributed by atoms with Crippen molar-refractivity contribution in [2.45, 2.75) is 18.8 Å². The SMILES string of the molecule is Fc1c(F)c(F)c(C2CC2)c(F)c1F. The third-order valence-corrected chi connectivity index (χ3v) is 2.23. The summed E-state index contributed by atoms with van der Waals surface area (Å²) in [4.78, 5) is 0. The zero-order valence-corrected chi connectivity index (χ0v) is 6.88. The van der Waals surface area contributed by atoms with Crippen molar-refractivity contribution in [1.29, 1.82) is 0 Å². The largest absolute Gasteiger partial charge is 0.203 e. The van der Waals surface area contributed by atoms with Crippen molar-refractivity contribution in [3.63, 3.8) is 0 Å². The molecule has 0 heterocycles. The Morgan fingerprint density at radius 2 is 1.00 bits per heavy atom. The molecular weight excluding hydrogens is 203 g/mol. The molecule has 0 spiro atoms. The predicted molar refractivity (Wildman–Crippen MR) is 38.2 cm³/mol. The molecule has 0 amide bonds. The molecule has 0 N–H and O–H groups in total. The molecule has 0 unspecified atom stereocenters. The van der Waals surface area contributed by atoms with Crippen molar-refractivity contribution in [1.82, 2.24) is 0 Å². The van der Waals surface area contributed by atoms with Crippen LogP contribution < -0.4 is 0 Å². The van der Waals surface area contributed by atoms with E-state index in [0.717, 1.165) is 0 Å². The quantitative estimate of drug-likeness (QED) is 0.377. The second-order valence-corrected chi connectivity index (χ2v) is 3.26. The van der Waals surface area contributed by atoms with E-state index in [4.69, 9.17) is 0 Å². The predicted octanol–water partition coefficient (Wildman–Crippen LogP) is 3.26. The second-order valence-electron chi connectivity index (χ2n) is 3.26. The van der Waals surface area contributed by atoms with Gasteiger partial charge in [-0.25, -0.2) is 22.0 Å². The van der Waals surface area contributed by atoms with E-state index in [1.54, 1.807) is 0 Å². The maximum atomic E-state index is 13.0. The van der Waals surface area contributed by atoms with Crippen molar-refractivity contribution in [2.24, 2.45) is 0 Å². The zero-order valence-electron chi connectivity index (χ0n) is 6.88. The van der Waals surface area contributed by atoms with Crippen LogP contribution in [-0.2, 0) is 0 Å². The first-order chi connectivity index (χ1) is 6.54. The molecule has 2 rings (SSSR count). The van der Waals surface area contributed by atoms with E-state index in [-0.39, 0.29) is 0 Å². The molecule has 0 aromatic heterocycles. The minimum Gasteiger partial charge on any atom is -0.203 e. The zero-order chi connectivity index (χ0) is 10.5. The lowest BCUT2D eigenvalue weighted by molar-refractivity contribution is 0.370. The molecule has 5 heteroatoms. The van der Waals surface area contributed by atoms with Gasteiger partial charge in [0.05, 0.1) is 0 Å². The Morgan fingerprint density at radius 3 is 1.36 bits per heavy atom. The molecule has 0 radical (unpaired) electrons. The Labute approximate surface area is 76.3 Å². The molecule has 0 aliphatic heterocycles. The first kappa shape index (κ1) is 9.43. The van der Waals surface area contributed by atoms with E-state index in [0.29, 0.717) is 12.8 Å². The first-order valence-corrected chi connectivity index (χ1v) is 4.05. The summed E-state index contributed by atoms with van der Waals surface area (Å²) in [5.41, 5.74) is -0.665. The van der Waals surface area contributed by atoms with Gasteiger partial charge in [-0.15, -0.1) is 0 Å². The Morgan fingerprint density at radius 1 is 0.643 bits per heavy atom. The van der Waals surface area contributed by atoms with Gasteiger partial charge in [0.2, 0.25) is 5.82 Å². The molecular formula is C9H5F5. The first-order valence-electron chi connectivity index (χ1n) is 4.05. The molecule has 1 saturated carbocycles. The lowest BCUT2D eigenvalue weighted by Crippen LogP contribution is -2.05. The Kier molecular flexibility index (Phi) is 1.97. The summed E-state index contributed by atoms with van der Waals surface area (Å²) >= 11 is 0. The third kappa shape index (κ3) is 1.19. The fourth-order valence-electron chi connectivity index (χ4n) is 1.35. The normalized spacial score (nSPS) is 16.1. The summed E-state index contributed by atoms with van der Waals surface area (Å²) in [5, 5.41) is 0. The molecule has 14 heavy (non-hydrogen) atoms. The van der Waals surface area contributed by atoms with Gasteiger partial charge in [0.15, 0.2) is 23.3 Å². The molecule has 1 aromatic carbocycles. The lowest BCUT2D eigenvalue weighted by atomic mass is 10.1. The Bertz CT molecular complexity index is 366. The van der Waals surface area contributed by atoms with Gasteiger partial charge < -0.3 is 0 Å². The van der Waals surface area contributed by atoms with E-state index in [9.17, 15) is 22.0 Å². The van der Waals surface area contributed by atoms with Crippen LogP contribution in [0.3, 0.4) is 0 Å². The number of benzene rings is 1. The highest BCUT2D eigenvalue weighted by molar-refractivity contribution is 5.30. The molecule has 1 aliphatic carbocycles. The Balaban J connectivity index is 2.69. The van der Waals surface area contributed by atoms with Crippen LogP contribution in [0, 0.1) is 29.1 Å². The second kappa shape index (κ2) is 2.93. The maximum absolute atomic E-state index is 13.0. The highest BCUT2D eigenvalue weighted by atomic mass is 19.2. The third-order valence-electron chi connectivity index (χ3n) is 2.23. The van der Waals surface area contributed by atoms with E-state index in [1.165, 1.54) is 0 Å². The van der Waals surface area contributed by atoms with Gasteiger partial charge in [0.25, 0.3) is 0 Å². The van der Waals surface area contributed by atoms with Crippen LogP contribution in [0.15, 0.2) is 0 Å². The van der Waals surface area contributed by atoms with Crippen LogP contribution in [-0.4, -0.2) is 0 Å². The number of hydrogen-bond donors (Lipinski definition) is 0. The van der Waals surface area contributed by atoms with Crippen LogP contribution >= 0.6 is 0 Å². The van der Waals surface area contributed by atoms with Crippen molar-refractivity contribution >= 4 is 0 Å². The highest BCUT2D eigenvalue weighted by Gasteiger charge is 2.35. The average Bonchev–Trinajstić information content (AvgIpc) is 2.96. The van der Waals surface area contributed by atoms with Gasteiger partial charge in [-0.3, -0.25) is 0 Å². The van der Waals surface area contributed by atoms with E-state index in [1.807, 2.05) is 0 Å². The lowest BCUT2D eigenvalue weighted by Gasteiger charge is -2.06. The van der Waals surface area contributed by atoms with E-state index >= 15 is 0 Å². The van der Waals surface area contributed by atoms with Crippen molar-refractivity contribution in [3.05, 3.63) is 34.6 Å². The summed E-state index contributed by atoms with van der Waals surface area (Å²) in [6.07, 6.45) is 0.941. The average molecular weight is 208 g/mol. The molecule has 76 valence electrons. The van der Waals surface area contributed by atoms with Crippen LogP contribution in [0.4, 0.5) is 22.0 Å². The monoisotopic (exact) mass is 208 g/mol. The topological polar surface area (TPSA) is 0 Å². The van der Waals surface area contributed by atoms with Crippen LogP contribution in [0.1, 0.15) is 24.3 Å². The summed E-state index contributed by atoms with van der Waals surface area (Å²) in [7, 11) is 0. The molecule has 1 fully saturated rings. The molecule has 1 aliphatic rings. The van der Waals surface area contributed by atoms with Crippen molar-refractivity contribution in [2.75, 3.05) is 0 Å². The summed E-state index contributed by atoms with van der Waals surface area (Å²) in [5.74, 6) is -9.70. The van der Waals surface area contributed by atoms with Gasteiger partial charge in [-0.2, -0.15) is 0 Å². The van der Waals surface area contributed by atoms with E-state index in [2.05, 4.69) is 0 Å². The smallest absolute Gasteiger partial charge is 0.200 e. The van der Waals surface area contributed by atoms with Gasteiger partial charge >= 0.3 is 0 Å². The summed E-state index contributed by atoms with van der Waals surface area (Å²) in [6, 6.07) is 0. The van der Waals surface area contributed by atoms with Crippen LogP contribution in [0.25, 0.3) is 0 Å². The summed E-state index contributed by atoms with van der Waals surface area (Å²) < 4.78 is 63.8. The fraction of sp³-hybridized carbons (Fsp3) is 0.333. The molecule has 0 atom stereocenters. The number of halogens is 5. The molecule has 1 aromatic rings. The van der Waals surface area contributed by atoms with Gasteiger partial charge in [0, 0.05) is 5.56 Å². The fourth-order valence-corrected chi connectivity index (χ4v) is 1.35. The standard InChI is InChI=1S/C9H5F5/c10-5-4(3-1-2-3)6(11)8(13)9(14)7(5)12/h3H,1-2H2. The highest BCUT2D eigenvalue weighted by Crippen LogP contribution is 2.43. The molecule has 0 nitrogen and oxygen atoms in total. The van der Waals surface area contributed by atoms with Gasteiger partial charge in [0.1, 0.15) is 0 Å². The maximum Gasteiger partial charge on any atom is 0.200 e. The molecule has 0 bridgehead atoms. The van der Waals surface area contributed by atoms with Crippen LogP contribution in [0.2, 0.25) is 0 Å². The minimum absolute atomic E-state index is 0.471. The Hall–Kier alpha value is -1.13. The van der Waals surface area contributed by atoms with E-state index < -0.39 is 40.6 Å². The van der Waals surface area contributed by atoms with Gasteiger partial charge in [-0.1, -0.05) is 0 Å². The number of rotatable bonds is 1. The molecule has 0 saturated heterocycles. The van der Waals surface area contributed by atoms with Crippen LogP contribution in [0.5, 0.6) is 0 Å². The van der Waals surface area contributed by atoms with Gasteiger partial charge in [-0.05, 0) is 18.8 Å². The van der Waals surface area contributed by atoms with Crippen molar-refractivity contribution in [3.8, 4) is 0 Å².